The Morgan fingerprint density at radius 1 is 1.27 bits per heavy atom. The van der Waals surface area contributed by atoms with Gasteiger partial charge in [0.15, 0.2) is 0 Å². The second-order valence-corrected chi connectivity index (χ2v) is 7.68. The lowest BCUT2D eigenvalue weighted by atomic mass is 9.94. The van der Waals surface area contributed by atoms with E-state index in [2.05, 4.69) is 36.1 Å². The summed E-state index contributed by atoms with van der Waals surface area (Å²) < 4.78 is 7.52. The van der Waals surface area contributed by atoms with Crippen LogP contribution in [0.2, 0.25) is 0 Å². The van der Waals surface area contributed by atoms with Crippen LogP contribution in [0.5, 0.6) is 0 Å². The molecule has 0 bridgehead atoms. The normalized spacial score (nSPS) is 22.5. The molecule has 2 aliphatic rings. The molecule has 1 aromatic heterocycles. The molecule has 3 rings (SSSR count). The molecule has 6 nitrogen and oxygen atoms in total. The van der Waals surface area contributed by atoms with Gasteiger partial charge in [0.05, 0.1) is 11.6 Å². The van der Waals surface area contributed by atoms with E-state index in [-0.39, 0.29) is 11.8 Å². The molecule has 3 heterocycles. The maximum atomic E-state index is 12.7. The molecule has 2 fully saturated rings. The van der Waals surface area contributed by atoms with E-state index in [4.69, 9.17) is 4.74 Å². The molecule has 2 saturated heterocycles. The molecule has 1 N–H and O–H groups in total. The summed E-state index contributed by atoms with van der Waals surface area (Å²) in [6.45, 7) is 11.6. The monoisotopic (exact) mass is 362 g/mol. The molecular weight excluding hydrogens is 328 g/mol. The van der Waals surface area contributed by atoms with E-state index in [0.29, 0.717) is 12.6 Å². The first-order chi connectivity index (χ1) is 12.6. The summed E-state index contributed by atoms with van der Waals surface area (Å²) in [6.07, 6.45) is 5.21. The third-order valence-electron chi connectivity index (χ3n) is 6.04. The van der Waals surface area contributed by atoms with Crippen molar-refractivity contribution in [1.29, 1.82) is 0 Å². The molecule has 2 aliphatic heterocycles. The molecule has 0 saturated carbocycles. The maximum Gasteiger partial charge on any atom is 0.224 e. The predicted molar refractivity (Wildman–Crippen MR) is 102 cm³/mol. The smallest absolute Gasteiger partial charge is 0.224 e. The minimum absolute atomic E-state index is 0.132. The number of aryl methyl sites for hydroxylation is 2. The lowest BCUT2D eigenvalue weighted by Crippen LogP contribution is -2.48. The molecule has 0 spiro atoms. The highest BCUT2D eigenvalue weighted by atomic mass is 16.5. The van der Waals surface area contributed by atoms with E-state index in [9.17, 15) is 4.79 Å². The van der Waals surface area contributed by atoms with Crippen molar-refractivity contribution in [2.75, 3.05) is 32.8 Å². The highest BCUT2D eigenvalue weighted by Gasteiger charge is 2.30. The van der Waals surface area contributed by atoms with E-state index in [1.165, 1.54) is 11.3 Å². The zero-order valence-corrected chi connectivity index (χ0v) is 16.6. The van der Waals surface area contributed by atoms with Crippen molar-refractivity contribution in [3.8, 4) is 0 Å². The first kappa shape index (κ1) is 19.4. The van der Waals surface area contributed by atoms with Crippen molar-refractivity contribution < 1.29 is 9.53 Å². The third kappa shape index (κ3) is 4.46. The van der Waals surface area contributed by atoms with Crippen molar-refractivity contribution in [2.45, 2.75) is 65.5 Å². The van der Waals surface area contributed by atoms with Crippen LogP contribution in [0.3, 0.4) is 0 Å². The first-order valence-electron chi connectivity index (χ1n) is 10.2. The van der Waals surface area contributed by atoms with Crippen LogP contribution in [0.25, 0.3) is 0 Å². The fourth-order valence-corrected chi connectivity index (χ4v) is 4.46. The van der Waals surface area contributed by atoms with E-state index >= 15 is 0 Å². The van der Waals surface area contributed by atoms with Crippen LogP contribution in [0.15, 0.2) is 0 Å². The molecule has 0 aromatic carbocycles. The van der Waals surface area contributed by atoms with Crippen LogP contribution in [-0.4, -0.2) is 59.5 Å². The minimum atomic E-state index is 0.132. The van der Waals surface area contributed by atoms with Crippen LogP contribution in [0, 0.1) is 19.8 Å². The number of hydrogen-bond acceptors (Lipinski definition) is 4. The number of likely N-dealkylation sites (tertiary alicyclic amines) is 1. The number of ether oxygens (including phenoxy) is 1. The van der Waals surface area contributed by atoms with Gasteiger partial charge in [0.1, 0.15) is 0 Å². The van der Waals surface area contributed by atoms with Crippen LogP contribution >= 0.6 is 0 Å². The number of rotatable bonds is 6. The second kappa shape index (κ2) is 9.00. The van der Waals surface area contributed by atoms with Gasteiger partial charge in [0.2, 0.25) is 5.91 Å². The number of nitrogens with one attached hydrogen (secondary N) is 1. The highest BCUT2D eigenvalue weighted by molar-refractivity contribution is 5.79. The van der Waals surface area contributed by atoms with Crippen molar-refractivity contribution in [3.63, 3.8) is 0 Å². The van der Waals surface area contributed by atoms with Crippen molar-refractivity contribution >= 4 is 5.91 Å². The Labute approximate surface area is 157 Å². The van der Waals surface area contributed by atoms with Crippen molar-refractivity contribution in [2.24, 2.45) is 5.92 Å². The van der Waals surface area contributed by atoms with Crippen LogP contribution < -0.4 is 5.32 Å². The van der Waals surface area contributed by atoms with Crippen LogP contribution in [0.1, 0.15) is 49.6 Å². The Kier molecular flexibility index (Phi) is 6.70. The van der Waals surface area contributed by atoms with E-state index in [1.54, 1.807) is 0 Å². The Balaban J connectivity index is 1.48. The summed E-state index contributed by atoms with van der Waals surface area (Å²) in [5, 5.41) is 7.74. The number of carbonyl (C=O) groups excluding carboxylic acids is 1. The van der Waals surface area contributed by atoms with Gasteiger partial charge in [0.25, 0.3) is 0 Å². The number of hydrogen-bond donors (Lipinski definition) is 1. The van der Waals surface area contributed by atoms with E-state index in [0.717, 1.165) is 70.6 Å². The van der Waals surface area contributed by atoms with Gasteiger partial charge < -0.3 is 10.1 Å². The molecule has 0 radical (unpaired) electrons. The fourth-order valence-electron chi connectivity index (χ4n) is 4.46. The topological polar surface area (TPSA) is 59.4 Å². The fraction of sp³-hybridized carbons (Fsp3) is 0.800. The van der Waals surface area contributed by atoms with Gasteiger partial charge in [-0.15, -0.1) is 0 Å². The average molecular weight is 363 g/mol. The quantitative estimate of drug-likeness (QED) is 0.842. The predicted octanol–water partition coefficient (Wildman–Crippen LogP) is 2.07. The number of nitrogens with zero attached hydrogens (tertiary/aromatic N) is 3. The van der Waals surface area contributed by atoms with E-state index < -0.39 is 0 Å². The standard InChI is InChI=1S/C20H34N4O2/c1-4-24-16(3)19(15(2)22-24)7-10-21-20(25)17-6-5-11-23(14-17)18-8-12-26-13-9-18/h17-18H,4-14H2,1-3H3,(H,21,25). The molecule has 26 heavy (non-hydrogen) atoms. The summed E-state index contributed by atoms with van der Waals surface area (Å²) in [6, 6.07) is 0.601. The Bertz CT molecular complexity index is 607. The molecule has 1 atom stereocenters. The van der Waals surface area contributed by atoms with Crippen LogP contribution in [0.4, 0.5) is 0 Å². The summed E-state index contributed by atoms with van der Waals surface area (Å²) in [5.74, 6) is 0.354. The number of amides is 1. The number of carbonyl (C=O) groups is 1. The lowest BCUT2D eigenvalue weighted by molar-refractivity contribution is -0.127. The largest absolute Gasteiger partial charge is 0.381 e. The van der Waals surface area contributed by atoms with Gasteiger partial charge in [0, 0.05) is 44.6 Å². The van der Waals surface area contributed by atoms with Gasteiger partial charge in [-0.05, 0) is 65.0 Å². The second-order valence-electron chi connectivity index (χ2n) is 7.68. The van der Waals surface area contributed by atoms with Gasteiger partial charge in [-0.3, -0.25) is 14.4 Å². The van der Waals surface area contributed by atoms with Crippen molar-refractivity contribution in [1.82, 2.24) is 20.0 Å². The number of piperidine rings is 1. The Morgan fingerprint density at radius 3 is 2.73 bits per heavy atom. The summed E-state index contributed by atoms with van der Waals surface area (Å²) >= 11 is 0. The maximum absolute atomic E-state index is 12.7. The molecule has 146 valence electrons. The highest BCUT2D eigenvalue weighted by Crippen LogP contribution is 2.23. The third-order valence-corrected chi connectivity index (χ3v) is 6.04. The average Bonchev–Trinajstić information content (AvgIpc) is 2.96. The SMILES string of the molecule is CCn1nc(C)c(CCNC(=O)C2CCCN(C3CCOCC3)C2)c1C. The lowest BCUT2D eigenvalue weighted by Gasteiger charge is -2.39. The summed E-state index contributed by atoms with van der Waals surface area (Å²) in [4.78, 5) is 15.2. The molecule has 0 aliphatic carbocycles. The Morgan fingerprint density at radius 2 is 2.04 bits per heavy atom. The zero-order valence-electron chi connectivity index (χ0n) is 16.6. The van der Waals surface area contributed by atoms with Gasteiger partial charge in [-0.25, -0.2) is 0 Å². The zero-order chi connectivity index (χ0) is 18.5. The van der Waals surface area contributed by atoms with Crippen LogP contribution in [-0.2, 0) is 22.5 Å². The molecule has 1 unspecified atom stereocenters. The molecular formula is C20H34N4O2. The Hall–Kier alpha value is -1.40. The van der Waals surface area contributed by atoms with Gasteiger partial charge >= 0.3 is 0 Å². The number of aromatic nitrogens is 2. The van der Waals surface area contributed by atoms with Gasteiger partial charge in [-0.2, -0.15) is 5.10 Å². The van der Waals surface area contributed by atoms with Crippen molar-refractivity contribution in [3.05, 3.63) is 17.0 Å². The molecule has 1 aromatic rings. The molecule has 6 heteroatoms. The summed E-state index contributed by atoms with van der Waals surface area (Å²) in [7, 11) is 0. The van der Waals surface area contributed by atoms with Gasteiger partial charge in [-0.1, -0.05) is 0 Å². The molecule has 1 amide bonds. The van der Waals surface area contributed by atoms with E-state index in [1.807, 2.05) is 4.68 Å². The summed E-state index contributed by atoms with van der Waals surface area (Å²) in [5.41, 5.74) is 3.59. The minimum Gasteiger partial charge on any atom is -0.381 e. The first-order valence-corrected chi connectivity index (χ1v) is 10.2.